The number of aliphatic carboxylic acids is 2. The summed E-state index contributed by atoms with van der Waals surface area (Å²) in [6, 6.07) is 0.472. The summed E-state index contributed by atoms with van der Waals surface area (Å²) in [5, 5.41) is 14.2. The predicted molar refractivity (Wildman–Crippen MR) is 57.5 cm³/mol. The molecule has 0 radical (unpaired) electrons. The van der Waals surface area contributed by atoms with Crippen molar-refractivity contribution >= 4 is 11.9 Å². The molecule has 6 nitrogen and oxygen atoms in total. The molecule has 21 heavy (non-hydrogen) atoms. The Morgan fingerprint density at radius 3 is 1.33 bits per heavy atom. The molecule has 1 aliphatic heterocycles. The Balaban J connectivity index is 0. The molecule has 1 rings (SSSR count). The van der Waals surface area contributed by atoms with Crippen LogP contribution in [0, 0.1) is 0 Å². The zero-order chi connectivity index (χ0) is 17.4. The molecule has 1 fully saturated rings. The van der Waals surface area contributed by atoms with Gasteiger partial charge in [-0.3, -0.25) is 0 Å². The van der Waals surface area contributed by atoms with Gasteiger partial charge in [0.2, 0.25) is 0 Å². The highest BCUT2D eigenvalue weighted by Crippen LogP contribution is 2.13. The predicted octanol–water partition coefficient (Wildman–Crippen LogP) is 0.916. The second-order valence-corrected chi connectivity index (χ2v) is 3.72. The molecule has 12 heteroatoms. The fraction of sp³-hybridized carbons (Fsp3) is 0.778. The van der Waals surface area contributed by atoms with Crippen LogP contribution < -0.4 is 5.73 Å². The molecule has 0 aromatic carbocycles. The van der Waals surface area contributed by atoms with Gasteiger partial charge in [-0.25, -0.2) is 9.59 Å². The first-order valence-corrected chi connectivity index (χ1v) is 5.29. The Kier molecular flexibility index (Phi) is 8.97. The summed E-state index contributed by atoms with van der Waals surface area (Å²) >= 11 is 0. The summed E-state index contributed by atoms with van der Waals surface area (Å²) in [6.45, 7) is 5.53. The van der Waals surface area contributed by atoms with Crippen molar-refractivity contribution in [2.45, 2.75) is 25.3 Å². The van der Waals surface area contributed by atoms with Crippen molar-refractivity contribution in [2.75, 3.05) is 19.6 Å². The van der Waals surface area contributed by atoms with E-state index in [0.717, 1.165) is 19.6 Å². The maximum absolute atomic E-state index is 10.6. The zero-order valence-corrected chi connectivity index (χ0v) is 10.7. The number of carboxylic acid groups (broad SMARTS) is 2. The molecule has 0 atom stereocenters. The maximum Gasteiger partial charge on any atom is 0.490 e. The number of carbonyl (C=O) groups is 2. The first-order valence-electron chi connectivity index (χ1n) is 5.29. The molecule has 1 aliphatic rings. The van der Waals surface area contributed by atoms with Crippen LogP contribution in [0.15, 0.2) is 0 Å². The van der Waals surface area contributed by atoms with E-state index in [1.165, 1.54) is 0 Å². The Morgan fingerprint density at radius 1 is 1.05 bits per heavy atom. The van der Waals surface area contributed by atoms with Gasteiger partial charge in [0.25, 0.3) is 0 Å². The first-order chi connectivity index (χ1) is 9.21. The van der Waals surface area contributed by atoms with Crippen molar-refractivity contribution in [3.63, 3.8) is 0 Å². The third kappa shape index (κ3) is 11.9. The molecule has 0 bridgehead atoms. The summed E-state index contributed by atoms with van der Waals surface area (Å²) in [4.78, 5) is 20.1. The molecular weight excluding hydrogens is 314 g/mol. The van der Waals surface area contributed by atoms with Crippen LogP contribution >= 0.6 is 0 Å². The highest BCUT2D eigenvalue weighted by Gasteiger charge is 2.38. The number of carboxylic acids is 2. The lowest BCUT2D eigenvalue weighted by Crippen LogP contribution is -2.55. The van der Waals surface area contributed by atoms with Crippen LogP contribution in [0.2, 0.25) is 0 Å². The van der Waals surface area contributed by atoms with E-state index >= 15 is 0 Å². The summed E-state index contributed by atoms with van der Waals surface area (Å²) < 4.78 is 63.5. The molecule has 0 spiro atoms. The number of alkyl halides is 6. The molecule has 0 saturated carbocycles. The third-order valence-corrected chi connectivity index (χ3v) is 1.92. The number of nitrogens with zero attached hydrogens (tertiary/aromatic N) is 1. The maximum atomic E-state index is 10.6. The molecule has 4 N–H and O–H groups in total. The summed E-state index contributed by atoms with van der Waals surface area (Å²) in [7, 11) is 0. The third-order valence-electron chi connectivity index (χ3n) is 1.92. The van der Waals surface area contributed by atoms with E-state index in [2.05, 4.69) is 11.8 Å². The van der Waals surface area contributed by atoms with Crippen LogP contribution in [-0.4, -0.2) is 65.1 Å². The van der Waals surface area contributed by atoms with Gasteiger partial charge in [-0.2, -0.15) is 26.3 Å². The fourth-order valence-electron chi connectivity index (χ4n) is 0.868. The van der Waals surface area contributed by atoms with Crippen LogP contribution in [-0.2, 0) is 9.59 Å². The molecule has 1 heterocycles. The largest absolute Gasteiger partial charge is 0.490 e. The van der Waals surface area contributed by atoms with E-state index in [1.807, 2.05) is 0 Å². The summed E-state index contributed by atoms with van der Waals surface area (Å²) in [6.07, 6.45) is -10.2. The number of nitrogens with two attached hydrogens (primary N) is 1. The van der Waals surface area contributed by atoms with E-state index < -0.39 is 24.3 Å². The zero-order valence-electron chi connectivity index (χ0n) is 10.7. The first kappa shape index (κ1) is 21.7. The molecule has 0 aromatic heterocycles. The summed E-state index contributed by atoms with van der Waals surface area (Å²) in [5.41, 5.74) is 5.50. The lowest BCUT2D eigenvalue weighted by Gasteiger charge is -2.35. The highest BCUT2D eigenvalue weighted by molar-refractivity contribution is 5.73. The van der Waals surface area contributed by atoms with Gasteiger partial charge in [0.05, 0.1) is 0 Å². The lowest BCUT2D eigenvalue weighted by molar-refractivity contribution is -0.193. The standard InChI is InChI=1S/C5H12N2.2C2HF3O2/c1-2-7-3-5(6)4-7;2*3-2(4,5)1(6)7/h5H,2-4,6H2,1H3;2*(H,6,7). The monoisotopic (exact) mass is 328 g/mol. The Labute approximate surface area is 115 Å². The van der Waals surface area contributed by atoms with Crippen LogP contribution in [0.4, 0.5) is 26.3 Å². The molecular formula is C9H14F6N2O4. The van der Waals surface area contributed by atoms with Gasteiger partial charge in [0.1, 0.15) is 0 Å². The van der Waals surface area contributed by atoms with Crippen molar-refractivity contribution in [1.29, 1.82) is 0 Å². The fourth-order valence-corrected chi connectivity index (χ4v) is 0.868. The van der Waals surface area contributed by atoms with Crippen LogP contribution in [0.25, 0.3) is 0 Å². The number of likely N-dealkylation sites (tertiary alicyclic amines) is 1. The smallest absolute Gasteiger partial charge is 0.475 e. The number of halogens is 6. The van der Waals surface area contributed by atoms with Gasteiger partial charge in [0.15, 0.2) is 0 Å². The molecule has 0 aliphatic carbocycles. The van der Waals surface area contributed by atoms with Crippen LogP contribution in [0.3, 0.4) is 0 Å². The molecule has 126 valence electrons. The molecule has 0 amide bonds. The van der Waals surface area contributed by atoms with Crippen molar-refractivity contribution in [1.82, 2.24) is 4.90 Å². The van der Waals surface area contributed by atoms with Crippen LogP contribution in [0.5, 0.6) is 0 Å². The second kappa shape index (κ2) is 8.67. The van der Waals surface area contributed by atoms with Crippen LogP contribution in [0.1, 0.15) is 6.92 Å². The van der Waals surface area contributed by atoms with E-state index in [-0.39, 0.29) is 0 Å². The van der Waals surface area contributed by atoms with E-state index in [0.29, 0.717) is 6.04 Å². The second-order valence-electron chi connectivity index (χ2n) is 3.72. The van der Waals surface area contributed by atoms with Gasteiger partial charge < -0.3 is 20.8 Å². The van der Waals surface area contributed by atoms with Crippen molar-refractivity contribution in [2.24, 2.45) is 5.73 Å². The number of hydrogen-bond donors (Lipinski definition) is 3. The quantitative estimate of drug-likeness (QED) is 0.618. The lowest BCUT2D eigenvalue weighted by atomic mass is 10.1. The van der Waals surface area contributed by atoms with Gasteiger partial charge in [-0.15, -0.1) is 0 Å². The van der Waals surface area contributed by atoms with Crippen molar-refractivity contribution in [3.8, 4) is 0 Å². The average Bonchev–Trinajstić information content (AvgIpc) is 2.23. The van der Waals surface area contributed by atoms with Gasteiger partial charge in [0, 0.05) is 19.1 Å². The van der Waals surface area contributed by atoms with E-state index in [1.54, 1.807) is 0 Å². The van der Waals surface area contributed by atoms with Crippen molar-refractivity contribution in [3.05, 3.63) is 0 Å². The van der Waals surface area contributed by atoms with Gasteiger partial charge in [-0.1, -0.05) is 6.92 Å². The van der Waals surface area contributed by atoms with Crippen molar-refractivity contribution < 1.29 is 46.1 Å². The molecule has 1 saturated heterocycles. The van der Waals surface area contributed by atoms with E-state index in [4.69, 9.17) is 25.5 Å². The van der Waals surface area contributed by atoms with Gasteiger partial charge in [-0.05, 0) is 6.54 Å². The summed E-state index contributed by atoms with van der Waals surface area (Å²) in [5.74, 6) is -5.51. The van der Waals surface area contributed by atoms with Gasteiger partial charge >= 0.3 is 24.3 Å². The SMILES string of the molecule is CCN1CC(N)C1.O=C(O)C(F)(F)F.O=C(O)C(F)(F)F. The minimum absolute atomic E-state index is 0.472. The minimum atomic E-state index is -5.08. The minimum Gasteiger partial charge on any atom is -0.475 e. The van der Waals surface area contributed by atoms with E-state index in [9.17, 15) is 26.3 Å². The molecule has 0 aromatic rings. The number of hydrogen-bond acceptors (Lipinski definition) is 4. The Morgan fingerprint density at radius 2 is 1.29 bits per heavy atom. The number of likely N-dealkylation sites (N-methyl/N-ethyl adjacent to an activating group) is 1. The number of rotatable bonds is 1. The molecule has 0 unspecified atom stereocenters. The topological polar surface area (TPSA) is 104 Å². The Bertz CT molecular complexity index is 314. The highest BCUT2D eigenvalue weighted by atomic mass is 19.4. The normalized spacial score (nSPS) is 15.8. The Hall–Kier alpha value is -1.56. The average molecular weight is 328 g/mol.